The molecule has 0 aliphatic carbocycles. The van der Waals surface area contributed by atoms with Crippen molar-refractivity contribution in [2.45, 2.75) is 46.1 Å². The van der Waals surface area contributed by atoms with E-state index in [-0.39, 0.29) is 11.7 Å². The van der Waals surface area contributed by atoms with Crippen LogP contribution in [0.2, 0.25) is 0 Å². The summed E-state index contributed by atoms with van der Waals surface area (Å²) >= 11 is 0. The molecule has 0 saturated heterocycles. The average molecular weight is 360 g/mol. The van der Waals surface area contributed by atoms with E-state index in [4.69, 9.17) is 15.2 Å². The van der Waals surface area contributed by atoms with E-state index in [1.807, 2.05) is 19.9 Å². The highest BCUT2D eigenvalue weighted by molar-refractivity contribution is 5.53. The largest absolute Gasteiger partial charge is 0.496 e. The number of rotatable bonds is 8. The summed E-state index contributed by atoms with van der Waals surface area (Å²) < 4.78 is 11.4. The summed E-state index contributed by atoms with van der Waals surface area (Å²) in [4.78, 5) is 8.41. The zero-order chi connectivity index (χ0) is 19.3. The van der Waals surface area contributed by atoms with E-state index >= 15 is 0 Å². The second kappa shape index (κ2) is 8.71. The predicted molar refractivity (Wildman–Crippen MR) is 103 cm³/mol. The molecule has 1 heterocycles. The first kappa shape index (κ1) is 19.8. The fourth-order valence-corrected chi connectivity index (χ4v) is 2.47. The summed E-state index contributed by atoms with van der Waals surface area (Å²) in [6.07, 6.45) is 1.72. The van der Waals surface area contributed by atoms with Gasteiger partial charge in [-0.3, -0.25) is 0 Å². The number of methoxy groups -OCH3 is 1. The molecule has 142 valence electrons. The third-order valence-corrected chi connectivity index (χ3v) is 4.12. The van der Waals surface area contributed by atoms with E-state index < -0.39 is 6.10 Å². The molecule has 0 fully saturated rings. The number of hydrogen-bond donors (Lipinski definition) is 3. The molecule has 2 rings (SSSR count). The highest BCUT2D eigenvalue weighted by Gasteiger charge is 2.15. The highest BCUT2D eigenvalue weighted by Crippen LogP contribution is 2.37. The number of nitrogens with two attached hydrogens (primary N) is 1. The molecule has 4 N–H and O–H groups in total. The van der Waals surface area contributed by atoms with Crippen LogP contribution in [0.15, 0.2) is 18.3 Å². The number of aryl methyl sites for hydroxylation is 1. The smallest absolute Gasteiger partial charge is 0.224 e. The molecule has 7 heteroatoms. The van der Waals surface area contributed by atoms with Crippen LogP contribution in [0, 0.1) is 6.92 Å². The van der Waals surface area contributed by atoms with Crippen molar-refractivity contribution in [3.05, 3.63) is 29.5 Å². The molecule has 0 radical (unpaired) electrons. The number of nitrogens with one attached hydrogen (secondary N) is 1. The third-order valence-electron chi connectivity index (χ3n) is 4.12. The van der Waals surface area contributed by atoms with Crippen LogP contribution in [0.25, 0.3) is 0 Å². The molecule has 0 amide bonds. The van der Waals surface area contributed by atoms with Gasteiger partial charge in [0.2, 0.25) is 5.95 Å². The molecule has 0 aliphatic heterocycles. The van der Waals surface area contributed by atoms with Crippen LogP contribution in [0.4, 0.5) is 11.8 Å². The van der Waals surface area contributed by atoms with E-state index in [1.54, 1.807) is 7.11 Å². The SMILES string of the molecule is CCC(O)CNc1ncc(Oc2cc(OC)c(C)cc2C(C)C)c(N)n1. The number of aliphatic hydroxyl groups excluding tert-OH is 1. The minimum atomic E-state index is -0.454. The molecule has 2 aromatic rings. The minimum Gasteiger partial charge on any atom is -0.496 e. The summed E-state index contributed by atoms with van der Waals surface area (Å²) in [5.41, 5.74) is 8.12. The van der Waals surface area contributed by atoms with Crippen LogP contribution in [-0.2, 0) is 0 Å². The van der Waals surface area contributed by atoms with Crippen molar-refractivity contribution >= 4 is 11.8 Å². The molecular formula is C19H28N4O3. The van der Waals surface area contributed by atoms with Crippen molar-refractivity contribution in [2.24, 2.45) is 0 Å². The molecule has 0 spiro atoms. The summed E-state index contributed by atoms with van der Waals surface area (Å²) in [5.74, 6) is 2.64. The lowest BCUT2D eigenvalue weighted by atomic mass is 9.99. The maximum absolute atomic E-state index is 9.61. The van der Waals surface area contributed by atoms with Gasteiger partial charge in [-0.2, -0.15) is 4.98 Å². The lowest BCUT2D eigenvalue weighted by Gasteiger charge is -2.17. The van der Waals surface area contributed by atoms with E-state index in [2.05, 4.69) is 35.2 Å². The predicted octanol–water partition coefficient (Wildman–Crippen LogP) is 3.47. The van der Waals surface area contributed by atoms with Crippen LogP contribution in [0.5, 0.6) is 17.2 Å². The van der Waals surface area contributed by atoms with E-state index in [9.17, 15) is 5.11 Å². The van der Waals surface area contributed by atoms with Crippen molar-refractivity contribution in [2.75, 3.05) is 24.7 Å². The zero-order valence-corrected chi connectivity index (χ0v) is 16.0. The highest BCUT2D eigenvalue weighted by atomic mass is 16.5. The van der Waals surface area contributed by atoms with Gasteiger partial charge in [-0.15, -0.1) is 0 Å². The second-order valence-electron chi connectivity index (χ2n) is 6.50. The second-order valence-corrected chi connectivity index (χ2v) is 6.50. The molecule has 26 heavy (non-hydrogen) atoms. The molecule has 0 bridgehead atoms. The summed E-state index contributed by atoms with van der Waals surface area (Å²) in [7, 11) is 1.63. The number of hydrogen-bond acceptors (Lipinski definition) is 7. The summed E-state index contributed by atoms with van der Waals surface area (Å²) in [6.45, 7) is 8.46. The first-order chi connectivity index (χ1) is 12.3. The molecule has 1 unspecified atom stereocenters. The zero-order valence-electron chi connectivity index (χ0n) is 16.0. The number of ether oxygens (including phenoxy) is 2. The first-order valence-corrected chi connectivity index (χ1v) is 8.76. The van der Waals surface area contributed by atoms with Gasteiger partial charge in [0.25, 0.3) is 0 Å². The Labute approximate surface area is 154 Å². The van der Waals surface area contributed by atoms with E-state index in [1.165, 1.54) is 6.20 Å². The van der Waals surface area contributed by atoms with E-state index in [0.717, 1.165) is 16.9 Å². The maximum Gasteiger partial charge on any atom is 0.224 e. The third kappa shape index (κ3) is 4.76. The van der Waals surface area contributed by atoms with Gasteiger partial charge in [0.1, 0.15) is 11.5 Å². The monoisotopic (exact) mass is 360 g/mol. The summed E-state index contributed by atoms with van der Waals surface area (Å²) in [6, 6.07) is 3.91. The Bertz CT molecular complexity index is 750. The fourth-order valence-electron chi connectivity index (χ4n) is 2.47. The number of aromatic nitrogens is 2. The quantitative estimate of drug-likeness (QED) is 0.662. The fraction of sp³-hybridized carbons (Fsp3) is 0.474. The average Bonchev–Trinajstić information content (AvgIpc) is 2.62. The van der Waals surface area contributed by atoms with Crippen LogP contribution in [0.3, 0.4) is 0 Å². The number of nitrogen functional groups attached to an aromatic ring is 1. The number of nitrogens with zero attached hydrogens (tertiary/aromatic N) is 2. The minimum absolute atomic E-state index is 0.225. The maximum atomic E-state index is 9.61. The van der Waals surface area contributed by atoms with Gasteiger partial charge in [-0.1, -0.05) is 20.8 Å². The molecular weight excluding hydrogens is 332 g/mol. The Morgan fingerprint density at radius 3 is 2.54 bits per heavy atom. The van der Waals surface area contributed by atoms with Crippen LogP contribution >= 0.6 is 0 Å². The molecule has 1 aromatic carbocycles. The van der Waals surface area contributed by atoms with Gasteiger partial charge in [0, 0.05) is 12.6 Å². The lowest BCUT2D eigenvalue weighted by Crippen LogP contribution is -2.19. The Hall–Kier alpha value is -2.54. The van der Waals surface area contributed by atoms with Gasteiger partial charge in [-0.25, -0.2) is 4.98 Å². The van der Waals surface area contributed by atoms with Gasteiger partial charge < -0.3 is 25.6 Å². The van der Waals surface area contributed by atoms with Crippen molar-refractivity contribution in [3.63, 3.8) is 0 Å². The van der Waals surface area contributed by atoms with Crippen LogP contribution < -0.4 is 20.5 Å². The van der Waals surface area contributed by atoms with Gasteiger partial charge in [0.15, 0.2) is 11.6 Å². The molecule has 0 aliphatic rings. The molecule has 1 atom stereocenters. The van der Waals surface area contributed by atoms with Gasteiger partial charge in [0.05, 0.1) is 19.4 Å². The van der Waals surface area contributed by atoms with Crippen molar-refractivity contribution < 1.29 is 14.6 Å². The van der Waals surface area contributed by atoms with Crippen LogP contribution in [0.1, 0.15) is 44.2 Å². The summed E-state index contributed by atoms with van der Waals surface area (Å²) in [5, 5.41) is 12.6. The van der Waals surface area contributed by atoms with Crippen molar-refractivity contribution in [3.8, 4) is 17.2 Å². The Kier molecular flexibility index (Phi) is 6.63. The van der Waals surface area contributed by atoms with Gasteiger partial charge in [-0.05, 0) is 36.5 Å². The standard InChI is InChI=1S/C19H28N4O3/c1-6-13(24)9-21-19-22-10-17(18(20)23-19)26-16-8-15(25-5)12(4)7-14(16)11(2)3/h7-8,10-11,13,24H,6,9H2,1-5H3,(H3,20,21,22,23). The van der Waals surface area contributed by atoms with E-state index in [0.29, 0.717) is 30.4 Å². The number of aliphatic hydroxyl groups is 1. The number of anilines is 2. The topological polar surface area (TPSA) is 103 Å². The molecule has 1 aromatic heterocycles. The number of benzene rings is 1. The first-order valence-electron chi connectivity index (χ1n) is 8.76. The van der Waals surface area contributed by atoms with Crippen molar-refractivity contribution in [1.29, 1.82) is 0 Å². The lowest BCUT2D eigenvalue weighted by molar-refractivity contribution is 0.183. The Balaban J connectivity index is 2.25. The van der Waals surface area contributed by atoms with Crippen LogP contribution in [-0.4, -0.2) is 34.8 Å². The van der Waals surface area contributed by atoms with Crippen molar-refractivity contribution in [1.82, 2.24) is 9.97 Å². The Morgan fingerprint density at radius 2 is 1.96 bits per heavy atom. The van der Waals surface area contributed by atoms with Gasteiger partial charge >= 0.3 is 0 Å². The molecule has 0 saturated carbocycles. The molecule has 7 nitrogen and oxygen atoms in total. The normalized spacial score (nSPS) is 12.1. The Morgan fingerprint density at radius 1 is 1.23 bits per heavy atom.